The molecule has 0 spiro atoms. The molecule has 0 fully saturated rings. The normalized spacial score (nSPS) is 12.5. The zero-order valence-corrected chi connectivity index (χ0v) is 38.2. The van der Waals surface area contributed by atoms with Gasteiger partial charge in [0.05, 0.1) is 24.9 Å². The van der Waals surface area contributed by atoms with Crippen LogP contribution in [0.2, 0.25) is 19.6 Å². The summed E-state index contributed by atoms with van der Waals surface area (Å²) in [6.45, 7) is 13.9. The topological polar surface area (TPSA) is 30.7 Å². The van der Waals surface area contributed by atoms with Gasteiger partial charge in [0.25, 0.3) is 0 Å². The molecule has 0 saturated carbocycles. The van der Waals surface area contributed by atoms with Crippen molar-refractivity contribution in [3.8, 4) is 39.5 Å². The quantitative estimate of drug-likeness (QED) is 0.0905. The third kappa shape index (κ3) is 8.65. The van der Waals surface area contributed by atoms with Gasteiger partial charge in [-0.1, -0.05) is 156 Å². The van der Waals surface area contributed by atoms with E-state index in [1.165, 1.54) is 60.7 Å². The van der Waals surface area contributed by atoms with Gasteiger partial charge in [-0.05, 0) is 74.6 Å². The summed E-state index contributed by atoms with van der Waals surface area (Å²) in [7, 11) is -1.34. The van der Waals surface area contributed by atoms with Crippen LogP contribution in [0, 0.1) is 19.0 Å². The van der Waals surface area contributed by atoms with Crippen molar-refractivity contribution in [1.82, 2.24) is 14.5 Å². The average Bonchev–Trinajstić information content (AvgIpc) is 3.65. The molecule has 297 valence electrons. The van der Waals surface area contributed by atoms with E-state index in [-0.39, 0.29) is 20.1 Å². The summed E-state index contributed by atoms with van der Waals surface area (Å²) in [5.74, 6) is 1.58. The van der Waals surface area contributed by atoms with Crippen molar-refractivity contribution in [1.29, 1.82) is 0 Å². The van der Waals surface area contributed by atoms with Gasteiger partial charge in [-0.15, -0.1) is 64.5 Å². The Balaban J connectivity index is 0.000000233. The molecule has 0 unspecified atom stereocenters. The van der Waals surface area contributed by atoms with Crippen LogP contribution in [-0.4, -0.2) is 22.6 Å². The number of aryl methyl sites for hydroxylation is 1. The largest absolute Gasteiger partial charge is 0.333 e. The van der Waals surface area contributed by atoms with Crippen LogP contribution < -0.4 is 5.19 Å². The molecule has 2 heterocycles. The molecule has 9 rings (SSSR count). The van der Waals surface area contributed by atoms with Crippen LogP contribution >= 0.6 is 0 Å². The van der Waals surface area contributed by atoms with Crippen molar-refractivity contribution in [2.45, 2.75) is 66.0 Å². The Morgan fingerprint density at radius 3 is 1.97 bits per heavy atom. The number of aromatic nitrogens is 3. The first-order valence-corrected chi connectivity index (χ1v) is 23.7. The smallest absolute Gasteiger partial charge is 0.0795 e. The van der Waals surface area contributed by atoms with Gasteiger partial charge in [-0.25, -0.2) is 0 Å². The van der Waals surface area contributed by atoms with Crippen LogP contribution in [0.15, 0.2) is 152 Å². The second-order valence-corrected chi connectivity index (χ2v) is 21.8. The van der Waals surface area contributed by atoms with Crippen LogP contribution in [0.25, 0.3) is 72.0 Å². The average molecular weight is 965 g/mol. The van der Waals surface area contributed by atoms with Crippen LogP contribution in [0.4, 0.5) is 0 Å². The van der Waals surface area contributed by atoms with E-state index >= 15 is 0 Å². The molecule has 0 amide bonds. The van der Waals surface area contributed by atoms with Gasteiger partial charge in [0.15, 0.2) is 0 Å². The van der Waals surface area contributed by atoms with E-state index in [9.17, 15) is 0 Å². The van der Waals surface area contributed by atoms with Gasteiger partial charge in [-0.2, -0.15) is 0 Å². The number of para-hydroxylation sites is 2. The number of hydrogen-bond acceptors (Lipinski definition) is 2. The molecule has 3 nitrogen and oxygen atoms in total. The summed E-state index contributed by atoms with van der Waals surface area (Å²) in [4.78, 5) is 9.71. The molecule has 1 radical (unpaired) electrons. The minimum Gasteiger partial charge on any atom is -0.333 e. The molecule has 9 aromatic rings. The monoisotopic (exact) mass is 965 g/mol. The Morgan fingerprint density at radius 2 is 1.31 bits per heavy atom. The first-order chi connectivity index (χ1) is 29.2. The molecule has 0 aliphatic rings. The van der Waals surface area contributed by atoms with Crippen molar-refractivity contribution in [2.24, 2.45) is 0 Å². The SMILES string of the molecule is CC(C)c1cc(-c2ccccc2)cc(C(C)C)c1-n1c(-c2[c-]cc3c(ccc4ccccc43)c2)nc2ccccc21.[2H]C([2H])([2H])c1c[c-]c(-c2ccc([Si](C)(C)C)cn2)cc1.[Ir]. The third-order valence-corrected chi connectivity index (χ3v) is 13.0. The molecule has 0 aliphatic carbocycles. The van der Waals surface area contributed by atoms with E-state index in [2.05, 4.69) is 190 Å². The van der Waals surface area contributed by atoms with Gasteiger partial charge in [0.2, 0.25) is 0 Å². The summed E-state index contributed by atoms with van der Waals surface area (Å²) in [6.07, 6.45) is 1.92. The van der Waals surface area contributed by atoms with E-state index in [1.54, 1.807) is 12.1 Å². The van der Waals surface area contributed by atoms with E-state index in [4.69, 9.17) is 9.10 Å². The van der Waals surface area contributed by atoms with Crippen molar-refractivity contribution in [3.05, 3.63) is 181 Å². The molecule has 0 saturated heterocycles. The second-order valence-electron chi connectivity index (χ2n) is 16.7. The van der Waals surface area contributed by atoms with Crippen molar-refractivity contribution >= 4 is 45.8 Å². The second kappa shape index (κ2) is 17.4. The van der Waals surface area contributed by atoms with E-state index in [0.29, 0.717) is 17.4 Å². The molecule has 0 aliphatic heterocycles. The maximum atomic E-state index is 7.35. The number of rotatable bonds is 7. The molecule has 5 heteroatoms. The number of nitrogens with zero attached hydrogens (tertiary/aromatic N) is 3. The van der Waals surface area contributed by atoms with E-state index < -0.39 is 14.9 Å². The number of imidazole rings is 1. The van der Waals surface area contributed by atoms with E-state index in [1.807, 2.05) is 12.3 Å². The fourth-order valence-corrected chi connectivity index (χ4v) is 8.74. The summed E-state index contributed by atoms with van der Waals surface area (Å²) in [5, 5.41) is 6.22. The van der Waals surface area contributed by atoms with Crippen molar-refractivity contribution in [3.63, 3.8) is 0 Å². The third-order valence-electron chi connectivity index (χ3n) is 10.9. The van der Waals surface area contributed by atoms with Crippen LogP contribution in [0.5, 0.6) is 0 Å². The Hall–Kier alpha value is -5.45. The first-order valence-electron chi connectivity index (χ1n) is 21.7. The molecule has 0 N–H and O–H groups in total. The molecular formula is C54H51IrN3Si-2. The zero-order chi connectivity index (χ0) is 43.1. The van der Waals surface area contributed by atoms with Gasteiger partial charge in [0.1, 0.15) is 0 Å². The van der Waals surface area contributed by atoms with Crippen LogP contribution in [0.3, 0.4) is 0 Å². The Kier molecular flexibility index (Phi) is 11.2. The summed E-state index contributed by atoms with van der Waals surface area (Å²) in [5.41, 5.74) is 11.5. The van der Waals surface area contributed by atoms with Gasteiger partial charge < -0.3 is 9.55 Å². The maximum Gasteiger partial charge on any atom is 0.0795 e. The standard InChI is InChI=1S/C39H33N2.C15H18NSi.Ir/c1-25(2)34-23-31(27-12-6-5-7-13-27)24-35(26(3)4)38(34)41-37-17-11-10-16-36(37)40-39(41)30-20-21-33-29(22-30)19-18-28-14-8-9-15-32(28)33;1-12-5-7-13(8-6-12)15-10-9-14(11-16-15)17(2,3)4;/h5-19,21-26H,1-4H3;5-7,9-11H,1-4H3;/q2*-1;/i;1D3;. The number of fused-ring (bicyclic) bond motifs is 4. The van der Waals surface area contributed by atoms with Crippen molar-refractivity contribution < 1.29 is 24.2 Å². The fourth-order valence-electron chi connectivity index (χ4n) is 7.71. The molecular weight excluding hydrogens is 911 g/mol. The minimum atomic E-state index is -2.08. The zero-order valence-electron chi connectivity index (χ0n) is 37.8. The number of benzene rings is 7. The van der Waals surface area contributed by atoms with Gasteiger partial charge in [0, 0.05) is 36.1 Å². The summed E-state index contributed by atoms with van der Waals surface area (Å²) in [6, 6.07) is 57.0. The molecule has 0 atom stereocenters. The van der Waals surface area contributed by atoms with Gasteiger partial charge in [-0.3, -0.25) is 4.98 Å². The first kappa shape index (κ1) is 37.8. The molecule has 59 heavy (non-hydrogen) atoms. The predicted molar refractivity (Wildman–Crippen MR) is 250 cm³/mol. The van der Waals surface area contributed by atoms with Crippen LogP contribution in [0.1, 0.15) is 60.3 Å². The molecule has 7 aromatic carbocycles. The minimum absolute atomic E-state index is 0. The number of pyridine rings is 1. The fraction of sp³-hybridized carbons (Fsp3) is 0.185. The maximum absolute atomic E-state index is 7.35. The summed E-state index contributed by atoms with van der Waals surface area (Å²) < 4.78 is 24.4. The Bertz CT molecular complexity index is 2900. The predicted octanol–water partition coefficient (Wildman–Crippen LogP) is 14.1. The Labute approximate surface area is 368 Å². The number of hydrogen-bond donors (Lipinski definition) is 0. The van der Waals surface area contributed by atoms with Crippen molar-refractivity contribution in [2.75, 3.05) is 0 Å². The molecule has 2 aromatic heterocycles. The molecule has 0 bridgehead atoms. The van der Waals surface area contributed by atoms with Crippen LogP contribution in [-0.2, 0) is 20.1 Å². The van der Waals surface area contributed by atoms with Gasteiger partial charge >= 0.3 is 0 Å². The Morgan fingerprint density at radius 1 is 0.627 bits per heavy atom. The van der Waals surface area contributed by atoms with E-state index in [0.717, 1.165) is 33.7 Å². The summed E-state index contributed by atoms with van der Waals surface area (Å²) >= 11 is 0.